The molecule has 0 unspecified atom stereocenters. The summed E-state index contributed by atoms with van der Waals surface area (Å²) < 4.78 is 4.89. The molecule has 0 saturated heterocycles. The number of hydrogen-bond acceptors (Lipinski definition) is 6. The lowest BCUT2D eigenvalue weighted by Gasteiger charge is -2.37. The van der Waals surface area contributed by atoms with Crippen molar-refractivity contribution >= 4 is 29.2 Å². The van der Waals surface area contributed by atoms with Gasteiger partial charge in [-0.3, -0.25) is 24.2 Å². The highest BCUT2D eigenvalue weighted by molar-refractivity contribution is 6.01. The summed E-state index contributed by atoms with van der Waals surface area (Å²) in [5.41, 5.74) is 6.01. The van der Waals surface area contributed by atoms with Gasteiger partial charge >= 0.3 is 0 Å². The fourth-order valence-corrected chi connectivity index (χ4v) is 4.31. The molecule has 9 heteroatoms. The van der Waals surface area contributed by atoms with E-state index in [0.717, 1.165) is 39.9 Å². The highest BCUT2D eigenvalue weighted by Crippen LogP contribution is 2.29. The van der Waals surface area contributed by atoms with Crippen molar-refractivity contribution in [1.29, 1.82) is 0 Å². The van der Waals surface area contributed by atoms with Crippen molar-refractivity contribution in [2.24, 2.45) is 5.41 Å². The Morgan fingerprint density at radius 3 is 2.00 bits per heavy atom. The predicted octanol–water partition coefficient (Wildman–Crippen LogP) is 8.34. The summed E-state index contributed by atoms with van der Waals surface area (Å²) >= 11 is 0. The van der Waals surface area contributed by atoms with Crippen molar-refractivity contribution < 1.29 is 23.9 Å². The van der Waals surface area contributed by atoms with E-state index in [4.69, 9.17) is 4.74 Å². The predicted molar refractivity (Wildman–Crippen MR) is 203 cm³/mol. The van der Waals surface area contributed by atoms with Crippen LogP contribution in [0.15, 0.2) is 59.3 Å². The minimum absolute atomic E-state index is 0.00364. The number of ether oxygens (including phenoxy) is 1. The van der Waals surface area contributed by atoms with Gasteiger partial charge in [-0.15, -0.1) is 0 Å². The van der Waals surface area contributed by atoms with Crippen LogP contribution < -0.4 is 10.6 Å². The number of carbonyl (C=O) groups excluding carboxylic acids is 4. The average molecular weight is 679 g/mol. The molecule has 0 bridgehead atoms. The van der Waals surface area contributed by atoms with Gasteiger partial charge in [-0.05, 0) is 89.6 Å². The second kappa shape index (κ2) is 21.1. The van der Waals surface area contributed by atoms with Crippen LogP contribution in [0.1, 0.15) is 112 Å². The van der Waals surface area contributed by atoms with Crippen LogP contribution in [-0.2, 0) is 19.1 Å². The summed E-state index contributed by atoms with van der Waals surface area (Å²) in [7, 11) is 1.58. The van der Waals surface area contributed by atoms with Gasteiger partial charge in [-0.1, -0.05) is 70.9 Å². The molecule has 1 aromatic carbocycles. The zero-order valence-corrected chi connectivity index (χ0v) is 32.8. The summed E-state index contributed by atoms with van der Waals surface area (Å²) in [5, 5.41) is 5.49. The van der Waals surface area contributed by atoms with Crippen LogP contribution in [0.3, 0.4) is 0 Å². The van der Waals surface area contributed by atoms with Gasteiger partial charge in [-0.2, -0.15) is 0 Å². The molecular weight excluding hydrogens is 616 g/mol. The average Bonchev–Trinajstić information content (AvgIpc) is 3.03. The summed E-state index contributed by atoms with van der Waals surface area (Å²) in [5.74, 6) is -0.409. The maximum atomic E-state index is 13.2. The van der Waals surface area contributed by atoms with Crippen LogP contribution in [0.5, 0.6) is 0 Å². The zero-order valence-electron chi connectivity index (χ0n) is 32.8. The van der Waals surface area contributed by atoms with Crippen LogP contribution in [0, 0.1) is 12.3 Å². The lowest BCUT2D eigenvalue weighted by Crippen LogP contribution is -2.53. The monoisotopic (exact) mass is 678 g/mol. The Hall–Kier alpha value is -4.11. The molecule has 0 aliphatic carbocycles. The molecule has 272 valence electrons. The van der Waals surface area contributed by atoms with E-state index >= 15 is 0 Å². The van der Waals surface area contributed by atoms with Crippen LogP contribution in [-0.4, -0.2) is 65.7 Å². The Bertz CT molecular complexity index is 1460. The van der Waals surface area contributed by atoms with Crippen molar-refractivity contribution in [3.05, 3.63) is 70.6 Å². The minimum Gasteiger partial charge on any atom is -0.383 e. The lowest BCUT2D eigenvalue weighted by molar-refractivity contribution is -0.140. The van der Waals surface area contributed by atoms with E-state index in [2.05, 4.69) is 43.3 Å². The molecule has 0 saturated carbocycles. The van der Waals surface area contributed by atoms with E-state index in [0.29, 0.717) is 31.0 Å². The molecule has 0 fully saturated rings. The number of methoxy groups -OCH3 is 1. The van der Waals surface area contributed by atoms with E-state index in [1.54, 1.807) is 31.2 Å². The maximum Gasteiger partial charge on any atom is 0.269 e. The molecule has 2 aromatic rings. The molecule has 1 aromatic heterocycles. The summed E-state index contributed by atoms with van der Waals surface area (Å²) in [4.78, 5) is 54.3. The van der Waals surface area contributed by atoms with Crippen LogP contribution in [0.25, 0.3) is 11.1 Å². The van der Waals surface area contributed by atoms with Crippen LogP contribution in [0.4, 0.5) is 5.69 Å². The van der Waals surface area contributed by atoms with Crippen LogP contribution in [0.2, 0.25) is 0 Å². The Labute approximate surface area is 296 Å². The Kier molecular flexibility index (Phi) is 19.3. The van der Waals surface area contributed by atoms with E-state index in [1.807, 2.05) is 85.7 Å². The maximum absolute atomic E-state index is 13.2. The zero-order chi connectivity index (χ0) is 38.1. The molecule has 0 spiro atoms. The first-order valence-electron chi connectivity index (χ1n) is 17.1. The third-order valence-electron chi connectivity index (χ3n) is 8.00. The van der Waals surface area contributed by atoms with Gasteiger partial charge in [-0.25, -0.2) is 0 Å². The van der Waals surface area contributed by atoms with Crippen molar-refractivity contribution in [2.75, 3.05) is 32.1 Å². The molecule has 0 aliphatic heterocycles. The van der Waals surface area contributed by atoms with Gasteiger partial charge < -0.3 is 20.3 Å². The van der Waals surface area contributed by atoms with Gasteiger partial charge in [0.2, 0.25) is 5.91 Å². The highest BCUT2D eigenvalue weighted by atomic mass is 16.5. The fraction of sp³-hybridized carbons (Fsp3) is 0.525. The third kappa shape index (κ3) is 14.5. The Morgan fingerprint density at radius 2 is 1.55 bits per heavy atom. The molecule has 0 radical (unpaired) electrons. The first-order chi connectivity index (χ1) is 22.8. The largest absolute Gasteiger partial charge is 0.383 e. The number of aryl methyl sites for hydroxylation is 1. The van der Waals surface area contributed by atoms with Gasteiger partial charge in [0.25, 0.3) is 11.8 Å². The first kappa shape index (κ1) is 44.9. The van der Waals surface area contributed by atoms with E-state index < -0.39 is 5.54 Å². The number of aromatic nitrogens is 1. The van der Waals surface area contributed by atoms with Crippen molar-refractivity contribution in [3.8, 4) is 11.1 Å². The number of nitrogens with zero attached hydrogens (tertiary/aromatic N) is 2. The number of ketones is 1. The van der Waals surface area contributed by atoms with Gasteiger partial charge in [0.05, 0.1) is 12.1 Å². The molecule has 3 amide bonds. The van der Waals surface area contributed by atoms with Gasteiger partial charge in [0, 0.05) is 50.1 Å². The van der Waals surface area contributed by atoms with Crippen molar-refractivity contribution in [3.63, 3.8) is 0 Å². The number of Topliss-reactive ketones (excluding diaryl/α,β-unsaturated/α-hetero) is 1. The molecule has 1 heterocycles. The van der Waals surface area contributed by atoms with Crippen molar-refractivity contribution in [1.82, 2.24) is 15.2 Å². The molecule has 49 heavy (non-hydrogen) atoms. The summed E-state index contributed by atoms with van der Waals surface area (Å²) in [6.45, 7) is 28.5. The summed E-state index contributed by atoms with van der Waals surface area (Å²) in [6, 6.07) is 9.21. The number of rotatable bonds is 12. The fourth-order valence-electron chi connectivity index (χ4n) is 4.31. The smallest absolute Gasteiger partial charge is 0.269 e. The second-order valence-corrected chi connectivity index (χ2v) is 13.5. The summed E-state index contributed by atoms with van der Waals surface area (Å²) in [6.07, 6.45) is 4.46. The van der Waals surface area contributed by atoms with E-state index in [9.17, 15) is 19.2 Å². The topological polar surface area (TPSA) is 118 Å². The Balaban J connectivity index is 0.000000896. The number of anilines is 1. The van der Waals surface area contributed by atoms with E-state index in [1.165, 1.54) is 6.92 Å². The van der Waals surface area contributed by atoms with Gasteiger partial charge in [0.1, 0.15) is 5.69 Å². The number of nitrogens with one attached hydrogen (secondary N) is 2. The minimum atomic E-state index is -0.794. The molecule has 9 nitrogen and oxygen atoms in total. The number of hydrogen-bond donors (Lipinski definition) is 2. The number of benzene rings is 1. The standard InChI is InChI=1S/C20H35NO2.C18H21N3O3.C2H6/c1-11-12-21(20(9,10)16(5)22)18(23)17(14(2)3)13-15(4)19(6,7)8;1-12-4-6-15(21-13(2)22)10-16(12)14-5-7-17(20-11-14)18(23)19-8-9-24-3;1-2/h13H,11-12H2,1-10H3;4-7,10-11H,8-9H2,1-3H3,(H,19,23)(H,21,22);1-2H3/b15-13+;;. The quantitative estimate of drug-likeness (QED) is 0.132. The molecule has 0 aliphatic rings. The number of amides is 3. The second-order valence-electron chi connectivity index (χ2n) is 13.5. The van der Waals surface area contributed by atoms with E-state index in [-0.39, 0.29) is 28.9 Å². The lowest BCUT2D eigenvalue weighted by atomic mass is 9.85. The first-order valence-corrected chi connectivity index (χ1v) is 17.1. The molecule has 2 rings (SSSR count). The normalized spacial score (nSPS) is 11.2. The SMILES string of the molecule is CC.CCCN(C(=O)C(/C=C(\C)C(C)(C)C)=C(C)C)C(C)(C)C(C)=O.COCCNC(=O)c1ccc(-c2cc(NC(C)=O)ccc2C)cn1. The van der Waals surface area contributed by atoms with Crippen molar-refractivity contribution in [2.45, 2.75) is 109 Å². The number of allylic oxidation sites excluding steroid dienone is 2. The number of pyridine rings is 1. The molecular formula is C40H62N4O5. The highest BCUT2D eigenvalue weighted by Gasteiger charge is 2.35. The number of carbonyl (C=O) groups is 4. The van der Waals surface area contributed by atoms with Crippen LogP contribution >= 0.6 is 0 Å². The Morgan fingerprint density at radius 1 is 0.939 bits per heavy atom. The molecule has 0 atom stereocenters. The molecule has 2 N–H and O–H groups in total. The van der Waals surface area contributed by atoms with Gasteiger partial charge in [0.15, 0.2) is 5.78 Å². The third-order valence-corrected chi connectivity index (χ3v) is 8.00.